The zero-order valence-electron chi connectivity index (χ0n) is 11.1. The number of nitrogens with one attached hydrogen (secondary N) is 1. The largest absolute Gasteiger partial charge is 0.349 e. The van der Waals surface area contributed by atoms with E-state index < -0.39 is 0 Å². The molecule has 0 bridgehead atoms. The molecule has 0 aliphatic heterocycles. The first-order chi connectivity index (χ1) is 8.59. The summed E-state index contributed by atoms with van der Waals surface area (Å²) in [6.07, 6.45) is 2.96. The first-order valence-corrected chi connectivity index (χ1v) is 6.71. The Balaban J connectivity index is 2.01. The van der Waals surface area contributed by atoms with Gasteiger partial charge in [0.2, 0.25) is 5.91 Å². The molecule has 98 valence electrons. The van der Waals surface area contributed by atoms with Crippen LogP contribution in [-0.4, -0.2) is 11.9 Å². The lowest BCUT2D eigenvalue weighted by molar-refractivity contribution is -0.125. The van der Waals surface area contributed by atoms with Gasteiger partial charge in [0.05, 0.1) is 12.0 Å². The third-order valence-electron chi connectivity index (χ3n) is 3.92. The van der Waals surface area contributed by atoms with Gasteiger partial charge in [-0.3, -0.25) is 4.79 Å². The lowest BCUT2D eigenvalue weighted by Crippen LogP contribution is -2.39. The number of nitrogens with two attached hydrogens (primary N) is 1. The maximum Gasteiger partial charge on any atom is 0.225 e. The molecule has 2 rings (SSSR count). The summed E-state index contributed by atoms with van der Waals surface area (Å²) in [5, 5.41) is 3.09. The fourth-order valence-corrected chi connectivity index (χ4v) is 2.79. The molecule has 1 aromatic carbocycles. The normalized spacial score (nSPS) is 24.8. The van der Waals surface area contributed by atoms with Crippen molar-refractivity contribution in [2.45, 2.75) is 45.2 Å². The monoisotopic (exact) mass is 246 g/mol. The number of carbonyl (C=O) groups is 1. The highest BCUT2D eigenvalue weighted by atomic mass is 16.2. The van der Waals surface area contributed by atoms with E-state index in [4.69, 9.17) is 5.73 Å². The van der Waals surface area contributed by atoms with Gasteiger partial charge in [0, 0.05) is 6.04 Å². The van der Waals surface area contributed by atoms with Crippen LogP contribution in [0.15, 0.2) is 24.3 Å². The molecular formula is C15H22N2O. The number of hydrogen-bond donors (Lipinski definition) is 2. The van der Waals surface area contributed by atoms with Gasteiger partial charge in [0.1, 0.15) is 0 Å². The van der Waals surface area contributed by atoms with Crippen LogP contribution < -0.4 is 11.1 Å². The van der Waals surface area contributed by atoms with Crippen molar-refractivity contribution in [2.24, 2.45) is 11.7 Å². The first-order valence-electron chi connectivity index (χ1n) is 6.71. The van der Waals surface area contributed by atoms with Gasteiger partial charge < -0.3 is 11.1 Å². The molecule has 1 aliphatic rings. The predicted molar refractivity (Wildman–Crippen MR) is 73.1 cm³/mol. The highest BCUT2D eigenvalue weighted by Gasteiger charge is 2.30. The zero-order valence-corrected chi connectivity index (χ0v) is 11.1. The quantitative estimate of drug-likeness (QED) is 0.859. The second-order valence-corrected chi connectivity index (χ2v) is 5.29. The zero-order chi connectivity index (χ0) is 13.1. The van der Waals surface area contributed by atoms with Crippen LogP contribution in [0.2, 0.25) is 0 Å². The van der Waals surface area contributed by atoms with Gasteiger partial charge >= 0.3 is 0 Å². The number of rotatable bonds is 3. The maximum atomic E-state index is 12.2. The number of carbonyl (C=O) groups excluding carboxylic acids is 1. The number of aryl methyl sites for hydroxylation is 1. The molecule has 3 atom stereocenters. The summed E-state index contributed by atoms with van der Waals surface area (Å²) in [7, 11) is 0. The van der Waals surface area contributed by atoms with Crippen molar-refractivity contribution >= 4 is 5.91 Å². The second kappa shape index (κ2) is 5.53. The van der Waals surface area contributed by atoms with Crippen LogP contribution in [0.5, 0.6) is 0 Å². The summed E-state index contributed by atoms with van der Waals surface area (Å²) in [6.45, 7) is 4.10. The summed E-state index contributed by atoms with van der Waals surface area (Å²) in [5.74, 6) is 0.104. The minimum atomic E-state index is -0.00327. The molecule has 2 unspecified atom stereocenters. The Hall–Kier alpha value is -1.35. The van der Waals surface area contributed by atoms with Gasteiger partial charge in [-0.05, 0) is 37.8 Å². The fourth-order valence-electron chi connectivity index (χ4n) is 2.79. The maximum absolute atomic E-state index is 12.2. The molecule has 0 radical (unpaired) electrons. The molecule has 3 heteroatoms. The predicted octanol–water partition coefficient (Wildman–Crippen LogP) is 2.30. The van der Waals surface area contributed by atoms with Gasteiger partial charge in [0.25, 0.3) is 0 Å². The minimum absolute atomic E-state index is 0.00327. The number of amides is 1. The van der Waals surface area contributed by atoms with E-state index in [-0.39, 0.29) is 23.9 Å². The van der Waals surface area contributed by atoms with Crippen molar-refractivity contribution in [3.05, 3.63) is 35.4 Å². The molecule has 1 aromatic rings. The smallest absolute Gasteiger partial charge is 0.225 e. The van der Waals surface area contributed by atoms with Gasteiger partial charge in [-0.1, -0.05) is 30.7 Å². The SMILES string of the molecule is Cc1ccccc1[C@H](C)NC(=O)C1CCCC1N. The summed E-state index contributed by atoms with van der Waals surface area (Å²) in [6, 6.07) is 8.24. The molecule has 1 fully saturated rings. The molecule has 3 nitrogen and oxygen atoms in total. The summed E-state index contributed by atoms with van der Waals surface area (Å²) in [5.41, 5.74) is 8.35. The highest BCUT2D eigenvalue weighted by molar-refractivity contribution is 5.80. The molecule has 1 saturated carbocycles. The molecule has 1 amide bonds. The van der Waals surface area contributed by atoms with Crippen molar-refractivity contribution in [2.75, 3.05) is 0 Å². The molecule has 1 aliphatic carbocycles. The van der Waals surface area contributed by atoms with E-state index in [0.29, 0.717) is 0 Å². The lowest BCUT2D eigenvalue weighted by Gasteiger charge is -2.21. The van der Waals surface area contributed by atoms with Crippen molar-refractivity contribution in [1.29, 1.82) is 0 Å². The van der Waals surface area contributed by atoms with Gasteiger partial charge in [-0.15, -0.1) is 0 Å². The Morgan fingerprint density at radius 2 is 2.11 bits per heavy atom. The Morgan fingerprint density at radius 1 is 1.39 bits per heavy atom. The topological polar surface area (TPSA) is 55.1 Å². The molecule has 18 heavy (non-hydrogen) atoms. The first kappa shape index (κ1) is 13.1. The van der Waals surface area contributed by atoms with Gasteiger partial charge in [-0.25, -0.2) is 0 Å². The van der Waals surface area contributed by atoms with Crippen LogP contribution in [0.1, 0.15) is 43.4 Å². The third kappa shape index (κ3) is 2.72. The highest BCUT2D eigenvalue weighted by Crippen LogP contribution is 2.25. The van der Waals surface area contributed by atoms with E-state index in [9.17, 15) is 4.79 Å². The standard InChI is InChI=1S/C15H22N2O/c1-10-6-3-4-7-12(10)11(2)17-15(18)13-8-5-9-14(13)16/h3-4,6-7,11,13-14H,5,8-9,16H2,1-2H3,(H,17,18)/t11-,13?,14?/m0/s1. The van der Waals surface area contributed by atoms with Crippen LogP contribution in [0.3, 0.4) is 0 Å². The van der Waals surface area contributed by atoms with Crippen LogP contribution in [-0.2, 0) is 4.79 Å². The van der Waals surface area contributed by atoms with Crippen LogP contribution in [0.25, 0.3) is 0 Å². The average Bonchev–Trinajstić information content (AvgIpc) is 2.76. The average molecular weight is 246 g/mol. The van der Waals surface area contributed by atoms with Crippen molar-refractivity contribution in [3.63, 3.8) is 0 Å². The molecule has 0 spiro atoms. The Bertz CT molecular complexity index is 430. The molecule has 3 N–H and O–H groups in total. The number of hydrogen-bond acceptors (Lipinski definition) is 2. The van der Waals surface area contributed by atoms with E-state index >= 15 is 0 Å². The van der Waals surface area contributed by atoms with E-state index in [0.717, 1.165) is 19.3 Å². The third-order valence-corrected chi connectivity index (χ3v) is 3.92. The van der Waals surface area contributed by atoms with Crippen LogP contribution in [0, 0.1) is 12.8 Å². The number of benzene rings is 1. The van der Waals surface area contributed by atoms with Crippen molar-refractivity contribution in [1.82, 2.24) is 5.32 Å². The van der Waals surface area contributed by atoms with Gasteiger partial charge in [0.15, 0.2) is 0 Å². The Labute approximate surface area is 109 Å². The van der Waals surface area contributed by atoms with Crippen LogP contribution >= 0.6 is 0 Å². The Morgan fingerprint density at radius 3 is 2.72 bits per heavy atom. The molecule has 0 aromatic heterocycles. The summed E-state index contributed by atoms with van der Waals surface area (Å²) in [4.78, 5) is 12.2. The summed E-state index contributed by atoms with van der Waals surface area (Å²) < 4.78 is 0. The van der Waals surface area contributed by atoms with Crippen LogP contribution in [0.4, 0.5) is 0 Å². The second-order valence-electron chi connectivity index (χ2n) is 5.29. The fraction of sp³-hybridized carbons (Fsp3) is 0.533. The van der Waals surface area contributed by atoms with E-state index in [1.54, 1.807) is 0 Å². The van der Waals surface area contributed by atoms with E-state index in [1.165, 1.54) is 11.1 Å². The molecular weight excluding hydrogens is 224 g/mol. The Kier molecular flexibility index (Phi) is 4.02. The lowest BCUT2D eigenvalue weighted by atomic mass is 9.99. The molecule has 0 saturated heterocycles. The van der Waals surface area contributed by atoms with E-state index in [1.807, 2.05) is 19.1 Å². The summed E-state index contributed by atoms with van der Waals surface area (Å²) >= 11 is 0. The minimum Gasteiger partial charge on any atom is -0.349 e. The van der Waals surface area contributed by atoms with E-state index in [2.05, 4.69) is 24.4 Å². The van der Waals surface area contributed by atoms with Crippen molar-refractivity contribution < 1.29 is 4.79 Å². The molecule has 0 heterocycles. The van der Waals surface area contributed by atoms with Crippen molar-refractivity contribution in [3.8, 4) is 0 Å². The van der Waals surface area contributed by atoms with Gasteiger partial charge in [-0.2, -0.15) is 0 Å².